The minimum absolute atomic E-state index is 0.0872. The zero-order chi connectivity index (χ0) is 15.9. The third kappa shape index (κ3) is 5.28. The molecule has 0 aromatic rings. The molecule has 0 radical (unpaired) electrons. The van der Waals surface area contributed by atoms with Gasteiger partial charge >= 0.3 is 5.97 Å². The molecule has 2 unspecified atom stereocenters. The van der Waals surface area contributed by atoms with Crippen LogP contribution >= 0.6 is 0 Å². The Morgan fingerprint density at radius 3 is 2.29 bits per heavy atom. The van der Waals surface area contributed by atoms with Gasteiger partial charge < -0.3 is 9.47 Å². The van der Waals surface area contributed by atoms with Crippen molar-refractivity contribution in [1.29, 1.82) is 0 Å². The molecule has 0 aromatic heterocycles. The molecule has 0 spiro atoms. The first-order valence-electron chi connectivity index (χ1n) is 8.80. The largest absolute Gasteiger partial charge is 0.435 e. The highest BCUT2D eigenvalue weighted by Gasteiger charge is 2.39. The monoisotopic (exact) mass is 298 g/mol. The molecule has 1 fully saturated rings. The molecule has 21 heavy (non-hydrogen) atoms. The van der Waals surface area contributed by atoms with E-state index < -0.39 is 5.41 Å². The SMILES string of the molecule is CCCC(OC(=O)C(C)(CCC)C(C)C)OC1CCCC1. The molecule has 124 valence electrons. The van der Waals surface area contributed by atoms with E-state index in [1.165, 1.54) is 12.8 Å². The van der Waals surface area contributed by atoms with Gasteiger partial charge in [0.1, 0.15) is 0 Å². The van der Waals surface area contributed by atoms with Crippen molar-refractivity contribution < 1.29 is 14.3 Å². The molecule has 0 bridgehead atoms. The molecular weight excluding hydrogens is 264 g/mol. The molecule has 1 aliphatic rings. The smallest absolute Gasteiger partial charge is 0.314 e. The van der Waals surface area contributed by atoms with Crippen molar-refractivity contribution in [3.8, 4) is 0 Å². The lowest BCUT2D eigenvalue weighted by molar-refractivity contribution is -0.203. The fraction of sp³-hybridized carbons (Fsp3) is 0.944. The first-order chi connectivity index (χ1) is 9.93. The molecule has 3 heteroatoms. The van der Waals surface area contributed by atoms with E-state index in [-0.39, 0.29) is 24.3 Å². The third-order valence-electron chi connectivity index (χ3n) is 4.92. The van der Waals surface area contributed by atoms with Crippen molar-refractivity contribution in [3.63, 3.8) is 0 Å². The summed E-state index contributed by atoms with van der Waals surface area (Å²) in [6, 6.07) is 0. The number of rotatable bonds is 9. The summed E-state index contributed by atoms with van der Waals surface area (Å²) in [6.07, 6.45) is 8.22. The predicted molar refractivity (Wildman–Crippen MR) is 86.0 cm³/mol. The molecule has 1 saturated carbocycles. The zero-order valence-corrected chi connectivity index (χ0v) is 14.6. The van der Waals surface area contributed by atoms with Gasteiger partial charge in [-0.1, -0.05) is 53.4 Å². The van der Waals surface area contributed by atoms with Gasteiger partial charge in [-0.15, -0.1) is 0 Å². The molecule has 1 rings (SSSR count). The molecule has 0 amide bonds. The van der Waals surface area contributed by atoms with Gasteiger partial charge in [0, 0.05) is 6.42 Å². The lowest BCUT2D eigenvalue weighted by Gasteiger charge is -2.33. The van der Waals surface area contributed by atoms with E-state index >= 15 is 0 Å². The zero-order valence-electron chi connectivity index (χ0n) is 14.6. The van der Waals surface area contributed by atoms with E-state index in [9.17, 15) is 4.79 Å². The van der Waals surface area contributed by atoms with Gasteiger partial charge in [-0.05, 0) is 32.1 Å². The summed E-state index contributed by atoms with van der Waals surface area (Å²) in [5.74, 6) is 0.189. The van der Waals surface area contributed by atoms with Crippen LogP contribution in [0, 0.1) is 11.3 Å². The van der Waals surface area contributed by atoms with Crippen molar-refractivity contribution >= 4 is 5.97 Å². The first kappa shape index (κ1) is 18.5. The topological polar surface area (TPSA) is 35.5 Å². The number of hydrogen-bond acceptors (Lipinski definition) is 3. The van der Waals surface area contributed by atoms with Crippen molar-refractivity contribution in [3.05, 3.63) is 0 Å². The second kappa shape index (κ2) is 8.77. The average Bonchev–Trinajstić information content (AvgIpc) is 2.91. The normalized spacial score (nSPS) is 20.5. The van der Waals surface area contributed by atoms with Gasteiger partial charge in [-0.2, -0.15) is 0 Å². The van der Waals surface area contributed by atoms with Gasteiger partial charge in [0.15, 0.2) is 0 Å². The summed E-state index contributed by atoms with van der Waals surface area (Å²) < 4.78 is 11.8. The minimum atomic E-state index is -0.403. The van der Waals surface area contributed by atoms with E-state index in [2.05, 4.69) is 27.7 Å². The Morgan fingerprint density at radius 1 is 1.19 bits per heavy atom. The molecule has 2 atom stereocenters. The molecule has 1 aliphatic carbocycles. The Labute approximate surface area is 130 Å². The van der Waals surface area contributed by atoms with Gasteiger partial charge in [0.05, 0.1) is 11.5 Å². The van der Waals surface area contributed by atoms with Gasteiger partial charge in [0.25, 0.3) is 0 Å². The van der Waals surface area contributed by atoms with Crippen LogP contribution in [-0.4, -0.2) is 18.4 Å². The predicted octanol–water partition coefficient (Wildman–Crippen LogP) is 5.08. The van der Waals surface area contributed by atoms with Crippen LogP contribution in [0.5, 0.6) is 0 Å². The Bertz CT molecular complexity index is 308. The Morgan fingerprint density at radius 2 is 1.81 bits per heavy atom. The van der Waals surface area contributed by atoms with Crippen LogP contribution in [0.2, 0.25) is 0 Å². The third-order valence-corrected chi connectivity index (χ3v) is 4.92. The van der Waals surface area contributed by atoms with Gasteiger partial charge in [-0.25, -0.2) is 0 Å². The number of ether oxygens (including phenoxy) is 2. The van der Waals surface area contributed by atoms with Crippen molar-refractivity contribution in [2.45, 2.75) is 98.4 Å². The van der Waals surface area contributed by atoms with Crippen molar-refractivity contribution in [1.82, 2.24) is 0 Å². The summed E-state index contributed by atoms with van der Waals surface area (Å²) in [6.45, 7) is 10.5. The number of hydrogen-bond donors (Lipinski definition) is 0. The number of carbonyl (C=O) groups excluding carboxylic acids is 1. The average molecular weight is 298 g/mol. The number of carbonyl (C=O) groups is 1. The maximum absolute atomic E-state index is 12.7. The molecular formula is C18H34O3. The van der Waals surface area contributed by atoms with E-state index in [1.54, 1.807) is 0 Å². The standard InChI is InChI=1S/C18H34O3/c1-6-10-16(20-15-11-8-9-12-15)21-17(19)18(5,13-7-2)14(3)4/h14-16H,6-13H2,1-5H3. The summed E-state index contributed by atoms with van der Waals surface area (Å²) in [5, 5.41) is 0. The van der Waals surface area contributed by atoms with E-state index in [4.69, 9.17) is 9.47 Å². The van der Waals surface area contributed by atoms with Gasteiger partial charge in [0.2, 0.25) is 6.29 Å². The molecule has 0 aromatic carbocycles. The van der Waals surface area contributed by atoms with Crippen molar-refractivity contribution in [2.24, 2.45) is 11.3 Å². The molecule has 0 N–H and O–H groups in total. The maximum atomic E-state index is 12.7. The molecule has 3 nitrogen and oxygen atoms in total. The minimum Gasteiger partial charge on any atom is -0.435 e. The van der Waals surface area contributed by atoms with E-state index in [0.29, 0.717) is 0 Å². The fourth-order valence-corrected chi connectivity index (χ4v) is 3.03. The lowest BCUT2D eigenvalue weighted by atomic mass is 9.75. The highest BCUT2D eigenvalue weighted by molar-refractivity contribution is 5.76. The first-order valence-corrected chi connectivity index (χ1v) is 8.80. The van der Waals surface area contributed by atoms with Crippen molar-refractivity contribution in [2.75, 3.05) is 0 Å². The Kier molecular flexibility index (Phi) is 7.72. The second-order valence-electron chi connectivity index (χ2n) is 6.99. The summed E-state index contributed by atoms with van der Waals surface area (Å²) in [4.78, 5) is 12.7. The fourth-order valence-electron chi connectivity index (χ4n) is 3.03. The second-order valence-corrected chi connectivity index (χ2v) is 6.99. The Hall–Kier alpha value is -0.570. The number of esters is 1. The van der Waals surface area contributed by atoms with Crippen LogP contribution in [0.15, 0.2) is 0 Å². The van der Waals surface area contributed by atoms with Gasteiger partial charge in [-0.3, -0.25) is 4.79 Å². The summed E-state index contributed by atoms with van der Waals surface area (Å²) >= 11 is 0. The van der Waals surface area contributed by atoms with Crippen LogP contribution in [0.4, 0.5) is 0 Å². The quantitative estimate of drug-likeness (QED) is 0.440. The molecule has 0 saturated heterocycles. The highest BCUT2D eigenvalue weighted by atomic mass is 16.7. The Balaban J connectivity index is 2.64. The maximum Gasteiger partial charge on any atom is 0.314 e. The lowest BCUT2D eigenvalue weighted by Crippen LogP contribution is -2.38. The van der Waals surface area contributed by atoms with E-state index in [0.717, 1.165) is 38.5 Å². The van der Waals surface area contributed by atoms with Crippen LogP contribution in [0.1, 0.15) is 86.0 Å². The molecule has 0 aliphatic heterocycles. The summed E-state index contributed by atoms with van der Waals surface area (Å²) in [5.41, 5.74) is -0.403. The van der Waals surface area contributed by atoms with Crippen LogP contribution in [0.25, 0.3) is 0 Å². The van der Waals surface area contributed by atoms with Crippen LogP contribution < -0.4 is 0 Å². The van der Waals surface area contributed by atoms with Crippen LogP contribution in [-0.2, 0) is 14.3 Å². The molecule has 0 heterocycles. The highest BCUT2D eigenvalue weighted by Crippen LogP contribution is 2.35. The van der Waals surface area contributed by atoms with E-state index in [1.807, 2.05) is 6.92 Å². The van der Waals surface area contributed by atoms with Crippen LogP contribution in [0.3, 0.4) is 0 Å². The summed E-state index contributed by atoms with van der Waals surface area (Å²) in [7, 11) is 0.